The fourth-order valence-electron chi connectivity index (χ4n) is 3.90. The zero-order valence-corrected chi connectivity index (χ0v) is 16.0. The summed E-state index contributed by atoms with van der Waals surface area (Å²) in [5.41, 5.74) is 1.14. The van der Waals surface area contributed by atoms with Crippen LogP contribution in [0.15, 0.2) is 59.8 Å². The molecule has 2 aromatic rings. The number of carbonyl (C=O) groups excluding carboxylic acids is 2. The third kappa shape index (κ3) is 4.16. The highest BCUT2D eigenvalue weighted by Crippen LogP contribution is 2.31. The van der Waals surface area contributed by atoms with Crippen LogP contribution in [0.25, 0.3) is 0 Å². The monoisotopic (exact) mass is 381 g/mol. The summed E-state index contributed by atoms with van der Waals surface area (Å²) in [5.74, 6) is 0.647. The summed E-state index contributed by atoms with van der Waals surface area (Å²) in [5, 5.41) is 0. The van der Waals surface area contributed by atoms with Crippen LogP contribution in [0.1, 0.15) is 18.4 Å². The summed E-state index contributed by atoms with van der Waals surface area (Å²) in [4.78, 5) is 34.6. The van der Waals surface area contributed by atoms with Crippen molar-refractivity contribution < 1.29 is 9.59 Å². The second kappa shape index (κ2) is 8.13. The molecule has 2 atom stereocenters. The van der Waals surface area contributed by atoms with Crippen LogP contribution in [-0.2, 0) is 16.1 Å². The maximum atomic E-state index is 12.9. The Morgan fingerprint density at radius 1 is 1.07 bits per heavy atom. The fourth-order valence-corrected chi connectivity index (χ4v) is 4.69. The molecule has 3 aliphatic heterocycles. The Balaban J connectivity index is 1.42. The molecular weight excluding hydrogens is 358 g/mol. The van der Waals surface area contributed by atoms with Gasteiger partial charge in [-0.1, -0.05) is 30.3 Å². The highest BCUT2D eigenvalue weighted by atomic mass is 32.2. The van der Waals surface area contributed by atoms with Crippen LogP contribution in [0, 0.1) is 5.92 Å². The van der Waals surface area contributed by atoms with E-state index in [1.165, 1.54) is 11.8 Å². The zero-order chi connectivity index (χ0) is 18.6. The number of fused-ring (bicyclic) bond motifs is 4. The number of benzene rings is 1. The minimum Gasteiger partial charge on any atom is -0.339 e. The van der Waals surface area contributed by atoms with E-state index in [0.29, 0.717) is 25.4 Å². The summed E-state index contributed by atoms with van der Waals surface area (Å²) < 4.78 is 0. The number of pyridine rings is 1. The van der Waals surface area contributed by atoms with Gasteiger partial charge in [0.1, 0.15) is 0 Å². The lowest BCUT2D eigenvalue weighted by Gasteiger charge is -2.36. The van der Waals surface area contributed by atoms with Crippen LogP contribution in [0.2, 0.25) is 0 Å². The van der Waals surface area contributed by atoms with E-state index in [0.717, 1.165) is 23.3 Å². The molecular formula is C21H23N3O2S. The van der Waals surface area contributed by atoms with Crippen molar-refractivity contribution in [3.63, 3.8) is 0 Å². The van der Waals surface area contributed by atoms with Gasteiger partial charge in [-0.15, -0.1) is 11.8 Å². The number of hydrogen-bond donors (Lipinski definition) is 0. The number of carbonyl (C=O) groups is 2. The Labute approximate surface area is 163 Å². The van der Waals surface area contributed by atoms with Crippen molar-refractivity contribution in [1.82, 2.24) is 14.8 Å². The van der Waals surface area contributed by atoms with Gasteiger partial charge in [-0.25, -0.2) is 0 Å². The van der Waals surface area contributed by atoms with Crippen molar-refractivity contribution >= 4 is 23.6 Å². The Bertz CT molecular complexity index is 800. The van der Waals surface area contributed by atoms with E-state index >= 15 is 0 Å². The SMILES string of the molecule is O=C(CSc1ccncc1)N1C[C@@H]2CC[C@H](C1)N(Cc1ccccc1)C2=O. The molecule has 1 aromatic carbocycles. The largest absolute Gasteiger partial charge is 0.339 e. The molecule has 2 amide bonds. The van der Waals surface area contributed by atoms with Gasteiger partial charge in [0.2, 0.25) is 11.8 Å². The topological polar surface area (TPSA) is 53.5 Å². The fraction of sp³-hybridized carbons (Fsp3) is 0.381. The van der Waals surface area contributed by atoms with Crippen LogP contribution in [0.5, 0.6) is 0 Å². The third-order valence-electron chi connectivity index (χ3n) is 5.35. The molecule has 2 bridgehead atoms. The normalized spacial score (nSPS) is 22.0. The molecule has 0 saturated carbocycles. The molecule has 140 valence electrons. The van der Waals surface area contributed by atoms with Gasteiger partial charge in [0, 0.05) is 43.0 Å². The number of amides is 2. The van der Waals surface area contributed by atoms with Crippen LogP contribution >= 0.6 is 11.8 Å². The van der Waals surface area contributed by atoms with E-state index in [-0.39, 0.29) is 23.8 Å². The van der Waals surface area contributed by atoms with Gasteiger partial charge < -0.3 is 9.80 Å². The Morgan fingerprint density at radius 2 is 1.85 bits per heavy atom. The van der Waals surface area contributed by atoms with E-state index in [4.69, 9.17) is 0 Å². The predicted octanol–water partition coefficient (Wildman–Crippen LogP) is 2.82. The van der Waals surface area contributed by atoms with E-state index in [2.05, 4.69) is 17.1 Å². The van der Waals surface area contributed by atoms with Crippen molar-refractivity contribution in [2.75, 3.05) is 18.8 Å². The number of piperidine rings is 1. The van der Waals surface area contributed by atoms with Crippen LogP contribution in [-0.4, -0.2) is 51.5 Å². The molecule has 0 radical (unpaired) electrons. The van der Waals surface area contributed by atoms with Crippen LogP contribution in [0.4, 0.5) is 0 Å². The van der Waals surface area contributed by atoms with Crippen molar-refractivity contribution in [3.8, 4) is 0 Å². The summed E-state index contributed by atoms with van der Waals surface area (Å²) >= 11 is 1.53. The zero-order valence-electron chi connectivity index (χ0n) is 15.2. The number of nitrogens with zero attached hydrogens (tertiary/aromatic N) is 3. The van der Waals surface area contributed by atoms with E-state index in [9.17, 15) is 9.59 Å². The van der Waals surface area contributed by atoms with Gasteiger partial charge in [0.15, 0.2) is 0 Å². The molecule has 5 rings (SSSR count). The maximum absolute atomic E-state index is 12.9. The minimum absolute atomic E-state index is 0.0673. The Hall–Kier alpha value is -2.34. The minimum atomic E-state index is -0.0673. The lowest BCUT2D eigenvalue weighted by Crippen LogP contribution is -2.47. The number of hydrogen-bond acceptors (Lipinski definition) is 4. The first kappa shape index (κ1) is 18.0. The molecule has 3 saturated heterocycles. The van der Waals surface area contributed by atoms with Gasteiger partial charge >= 0.3 is 0 Å². The standard InChI is InChI=1S/C21H23N3O2S/c25-20(15-27-19-8-10-22-11-9-19)23-13-17-6-7-18(14-23)24(21(17)26)12-16-4-2-1-3-5-16/h1-5,8-11,17-18H,6-7,12-15H2/t17-,18+/m0/s1. The molecule has 27 heavy (non-hydrogen) atoms. The molecule has 3 aliphatic rings. The molecule has 5 nitrogen and oxygen atoms in total. The average molecular weight is 382 g/mol. The lowest BCUT2D eigenvalue weighted by molar-refractivity contribution is -0.140. The molecule has 0 unspecified atom stereocenters. The molecule has 0 aliphatic carbocycles. The second-order valence-corrected chi connectivity index (χ2v) is 8.20. The molecule has 4 heterocycles. The van der Waals surface area contributed by atoms with E-state index < -0.39 is 0 Å². The molecule has 3 fully saturated rings. The second-order valence-electron chi connectivity index (χ2n) is 7.15. The average Bonchev–Trinajstić information content (AvgIpc) is 3.00. The number of aromatic nitrogens is 1. The molecule has 1 aromatic heterocycles. The third-order valence-corrected chi connectivity index (χ3v) is 6.35. The molecule has 0 N–H and O–H groups in total. The van der Waals surface area contributed by atoms with Gasteiger partial charge in [0.05, 0.1) is 11.7 Å². The maximum Gasteiger partial charge on any atom is 0.233 e. The summed E-state index contributed by atoms with van der Waals surface area (Å²) in [6.45, 7) is 1.83. The molecule has 6 heteroatoms. The van der Waals surface area contributed by atoms with Crippen molar-refractivity contribution in [2.24, 2.45) is 5.92 Å². The highest BCUT2D eigenvalue weighted by Gasteiger charge is 2.41. The smallest absolute Gasteiger partial charge is 0.233 e. The van der Waals surface area contributed by atoms with Crippen LogP contribution in [0.3, 0.4) is 0 Å². The van der Waals surface area contributed by atoms with E-state index in [1.54, 1.807) is 12.4 Å². The van der Waals surface area contributed by atoms with Crippen molar-refractivity contribution in [1.29, 1.82) is 0 Å². The van der Waals surface area contributed by atoms with Crippen LogP contribution < -0.4 is 0 Å². The van der Waals surface area contributed by atoms with E-state index in [1.807, 2.05) is 40.1 Å². The quantitative estimate of drug-likeness (QED) is 0.748. The first-order valence-corrected chi connectivity index (χ1v) is 10.3. The Kier molecular flexibility index (Phi) is 5.43. The highest BCUT2D eigenvalue weighted by molar-refractivity contribution is 8.00. The summed E-state index contributed by atoms with van der Waals surface area (Å²) in [6.07, 6.45) is 5.33. The number of rotatable bonds is 5. The van der Waals surface area contributed by atoms with Gasteiger partial charge in [-0.05, 0) is 30.5 Å². The van der Waals surface area contributed by atoms with Gasteiger partial charge in [0.25, 0.3) is 0 Å². The summed E-state index contributed by atoms with van der Waals surface area (Å²) in [6, 6.07) is 14.0. The van der Waals surface area contributed by atoms with Crippen molar-refractivity contribution in [2.45, 2.75) is 30.3 Å². The molecule has 0 spiro atoms. The Morgan fingerprint density at radius 3 is 2.63 bits per heavy atom. The van der Waals surface area contributed by atoms with Crippen molar-refractivity contribution in [3.05, 3.63) is 60.4 Å². The first-order chi connectivity index (χ1) is 13.2. The van der Waals surface area contributed by atoms with Gasteiger partial charge in [-0.2, -0.15) is 0 Å². The number of thioether (sulfide) groups is 1. The lowest BCUT2D eigenvalue weighted by atomic mass is 9.93. The summed E-state index contributed by atoms with van der Waals surface area (Å²) in [7, 11) is 0. The first-order valence-electron chi connectivity index (χ1n) is 9.36. The predicted molar refractivity (Wildman–Crippen MR) is 105 cm³/mol. The van der Waals surface area contributed by atoms with Gasteiger partial charge in [-0.3, -0.25) is 14.6 Å².